The van der Waals surface area contributed by atoms with Gasteiger partial charge in [0.05, 0.1) is 6.54 Å². The molecule has 2 nitrogen and oxygen atoms in total. The van der Waals surface area contributed by atoms with Crippen LogP contribution in [-0.4, -0.2) is 29.8 Å². The molecule has 0 N–H and O–H groups in total. The van der Waals surface area contributed by atoms with E-state index in [2.05, 4.69) is 18.7 Å². The molecule has 14 heavy (non-hydrogen) atoms. The molecule has 0 aromatic carbocycles. The molecule has 1 heterocycles. The second kappa shape index (κ2) is 4.01. The first-order valence-electron chi connectivity index (χ1n) is 5.93. The van der Waals surface area contributed by atoms with Crippen molar-refractivity contribution in [2.24, 2.45) is 11.8 Å². The SMILES string of the molecule is CC1CCC(C)N(CC(=O)C2CC2)C1. The third-order valence-corrected chi connectivity index (χ3v) is 3.64. The Hall–Kier alpha value is -0.370. The van der Waals surface area contributed by atoms with Crippen LogP contribution in [0.1, 0.15) is 39.5 Å². The van der Waals surface area contributed by atoms with Crippen LogP contribution < -0.4 is 0 Å². The van der Waals surface area contributed by atoms with Gasteiger partial charge in [0.2, 0.25) is 0 Å². The maximum atomic E-state index is 11.7. The van der Waals surface area contributed by atoms with E-state index >= 15 is 0 Å². The molecule has 2 rings (SSSR count). The number of Topliss-reactive ketones (excluding diaryl/α,β-unsaturated/α-hetero) is 1. The van der Waals surface area contributed by atoms with Crippen molar-refractivity contribution in [2.75, 3.05) is 13.1 Å². The fourth-order valence-corrected chi connectivity index (χ4v) is 2.33. The zero-order valence-corrected chi connectivity index (χ0v) is 9.33. The van der Waals surface area contributed by atoms with Gasteiger partial charge in [-0.1, -0.05) is 6.92 Å². The standard InChI is InChI=1S/C12H21NO/c1-9-3-4-10(2)13(7-9)8-12(14)11-5-6-11/h9-11H,3-8H2,1-2H3. The fraction of sp³-hybridized carbons (Fsp3) is 0.917. The molecule has 0 amide bonds. The largest absolute Gasteiger partial charge is 0.298 e. The van der Waals surface area contributed by atoms with Crippen LogP contribution in [0.3, 0.4) is 0 Å². The number of carbonyl (C=O) groups excluding carboxylic acids is 1. The van der Waals surface area contributed by atoms with Gasteiger partial charge in [0.15, 0.2) is 0 Å². The van der Waals surface area contributed by atoms with Crippen LogP contribution in [0, 0.1) is 11.8 Å². The minimum atomic E-state index is 0.430. The lowest BCUT2D eigenvalue weighted by Crippen LogP contribution is -2.44. The van der Waals surface area contributed by atoms with Gasteiger partial charge < -0.3 is 0 Å². The molecule has 0 spiro atoms. The molecule has 1 saturated carbocycles. The van der Waals surface area contributed by atoms with E-state index in [4.69, 9.17) is 0 Å². The number of likely N-dealkylation sites (tertiary alicyclic amines) is 1. The molecule has 80 valence electrons. The Morgan fingerprint density at radius 2 is 1.93 bits per heavy atom. The van der Waals surface area contributed by atoms with Crippen molar-refractivity contribution in [1.82, 2.24) is 4.90 Å². The van der Waals surface area contributed by atoms with Crippen molar-refractivity contribution in [2.45, 2.75) is 45.6 Å². The quantitative estimate of drug-likeness (QED) is 0.687. The summed E-state index contributed by atoms with van der Waals surface area (Å²) in [6.07, 6.45) is 4.89. The number of rotatable bonds is 3. The highest BCUT2D eigenvalue weighted by Gasteiger charge is 2.32. The van der Waals surface area contributed by atoms with Crippen molar-refractivity contribution < 1.29 is 4.79 Å². The van der Waals surface area contributed by atoms with Crippen LogP contribution >= 0.6 is 0 Å². The van der Waals surface area contributed by atoms with E-state index in [0.717, 1.165) is 31.8 Å². The highest BCUT2D eigenvalue weighted by atomic mass is 16.1. The molecule has 2 fully saturated rings. The second-order valence-corrected chi connectivity index (χ2v) is 5.20. The van der Waals surface area contributed by atoms with Crippen molar-refractivity contribution in [3.8, 4) is 0 Å². The maximum Gasteiger partial charge on any atom is 0.149 e. The van der Waals surface area contributed by atoms with Crippen molar-refractivity contribution in [3.63, 3.8) is 0 Å². The molecule has 2 heteroatoms. The Kier molecular flexibility index (Phi) is 2.91. The van der Waals surface area contributed by atoms with Gasteiger partial charge in [-0.05, 0) is 38.5 Å². The molecule has 1 aliphatic heterocycles. The maximum absolute atomic E-state index is 11.7. The summed E-state index contributed by atoms with van der Waals surface area (Å²) in [4.78, 5) is 14.1. The van der Waals surface area contributed by atoms with Crippen LogP contribution in [0.25, 0.3) is 0 Å². The van der Waals surface area contributed by atoms with Gasteiger partial charge in [-0.2, -0.15) is 0 Å². The minimum absolute atomic E-state index is 0.430. The molecule has 0 aromatic rings. The van der Waals surface area contributed by atoms with Crippen LogP contribution in [0.15, 0.2) is 0 Å². The molecule has 2 unspecified atom stereocenters. The molecular weight excluding hydrogens is 174 g/mol. The normalized spacial score (nSPS) is 34.4. The van der Waals surface area contributed by atoms with Gasteiger partial charge >= 0.3 is 0 Å². The van der Waals surface area contributed by atoms with E-state index in [1.165, 1.54) is 12.8 Å². The summed E-state index contributed by atoms with van der Waals surface area (Å²) in [7, 11) is 0. The predicted molar refractivity (Wildman–Crippen MR) is 57.2 cm³/mol. The van der Waals surface area contributed by atoms with Gasteiger partial charge in [-0.25, -0.2) is 0 Å². The van der Waals surface area contributed by atoms with Gasteiger partial charge in [0, 0.05) is 18.5 Å². The third-order valence-electron chi connectivity index (χ3n) is 3.64. The lowest BCUT2D eigenvalue weighted by Gasteiger charge is -2.36. The van der Waals surface area contributed by atoms with Crippen molar-refractivity contribution in [3.05, 3.63) is 0 Å². The Bertz CT molecular complexity index is 222. The number of carbonyl (C=O) groups is 1. The monoisotopic (exact) mass is 195 g/mol. The molecule has 1 saturated heterocycles. The Labute approximate surface area is 86.7 Å². The van der Waals surface area contributed by atoms with E-state index in [0.29, 0.717) is 17.7 Å². The molecule has 0 radical (unpaired) electrons. The molecule has 0 bridgehead atoms. The number of piperidine rings is 1. The molecule has 2 atom stereocenters. The summed E-state index contributed by atoms with van der Waals surface area (Å²) in [6.45, 7) is 6.39. The van der Waals surface area contributed by atoms with Crippen LogP contribution in [0.4, 0.5) is 0 Å². The highest BCUT2D eigenvalue weighted by Crippen LogP contribution is 2.31. The van der Waals surface area contributed by atoms with E-state index in [-0.39, 0.29) is 0 Å². The summed E-state index contributed by atoms with van der Waals surface area (Å²) in [5.74, 6) is 1.70. The molecule has 2 aliphatic rings. The fourth-order valence-electron chi connectivity index (χ4n) is 2.33. The number of hydrogen-bond acceptors (Lipinski definition) is 2. The van der Waals surface area contributed by atoms with Crippen LogP contribution in [-0.2, 0) is 4.79 Å². The van der Waals surface area contributed by atoms with Crippen molar-refractivity contribution in [1.29, 1.82) is 0 Å². The average Bonchev–Trinajstić information content (AvgIpc) is 2.94. The highest BCUT2D eigenvalue weighted by molar-refractivity contribution is 5.85. The Morgan fingerprint density at radius 1 is 1.21 bits per heavy atom. The lowest BCUT2D eigenvalue weighted by molar-refractivity contribution is -0.122. The van der Waals surface area contributed by atoms with Crippen LogP contribution in [0.2, 0.25) is 0 Å². The molecule has 1 aliphatic carbocycles. The summed E-state index contributed by atoms with van der Waals surface area (Å²) in [5.41, 5.74) is 0. The summed E-state index contributed by atoms with van der Waals surface area (Å²) < 4.78 is 0. The molecule has 0 aromatic heterocycles. The number of ketones is 1. The second-order valence-electron chi connectivity index (χ2n) is 5.20. The van der Waals surface area contributed by atoms with E-state index in [1.807, 2.05) is 0 Å². The number of hydrogen-bond donors (Lipinski definition) is 0. The third kappa shape index (κ3) is 2.35. The first-order valence-corrected chi connectivity index (χ1v) is 5.93. The van der Waals surface area contributed by atoms with Gasteiger partial charge in [-0.15, -0.1) is 0 Å². The minimum Gasteiger partial charge on any atom is -0.298 e. The van der Waals surface area contributed by atoms with Gasteiger partial charge in [-0.3, -0.25) is 9.69 Å². The first-order chi connectivity index (χ1) is 6.66. The van der Waals surface area contributed by atoms with Gasteiger partial charge in [0.25, 0.3) is 0 Å². The topological polar surface area (TPSA) is 20.3 Å². The van der Waals surface area contributed by atoms with Crippen molar-refractivity contribution >= 4 is 5.78 Å². The summed E-state index contributed by atoms with van der Waals surface area (Å²) in [5, 5.41) is 0. The van der Waals surface area contributed by atoms with E-state index in [9.17, 15) is 4.79 Å². The zero-order valence-electron chi connectivity index (χ0n) is 9.33. The predicted octanol–water partition coefficient (Wildman–Crippen LogP) is 2.09. The van der Waals surface area contributed by atoms with E-state index in [1.54, 1.807) is 0 Å². The van der Waals surface area contributed by atoms with E-state index < -0.39 is 0 Å². The summed E-state index contributed by atoms with van der Waals surface area (Å²) in [6, 6.07) is 0.619. The zero-order chi connectivity index (χ0) is 10.1. The Morgan fingerprint density at radius 3 is 2.57 bits per heavy atom. The van der Waals surface area contributed by atoms with Gasteiger partial charge in [0.1, 0.15) is 5.78 Å². The average molecular weight is 195 g/mol. The lowest BCUT2D eigenvalue weighted by atomic mass is 9.95. The first kappa shape index (κ1) is 10.2. The van der Waals surface area contributed by atoms with Crippen LogP contribution in [0.5, 0.6) is 0 Å². The Balaban J connectivity index is 1.84. The summed E-state index contributed by atoms with van der Waals surface area (Å²) >= 11 is 0. The number of nitrogens with zero attached hydrogens (tertiary/aromatic N) is 1. The smallest absolute Gasteiger partial charge is 0.149 e. The molecular formula is C12H21NO.